The first-order valence-electron chi connectivity index (χ1n) is 2.65. The molecule has 0 unspecified atom stereocenters. The van der Waals surface area contributed by atoms with Crippen LogP contribution in [0.2, 0.25) is 0 Å². The van der Waals surface area contributed by atoms with Gasteiger partial charge in [0, 0.05) is 6.54 Å². The normalized spacial score (nSPS) is 23.6. The number of ether oxygens (including phenoxy) is 1. The fraction of sp³-hybridized carbons (Fsp3) is 0.600. The maximum absolute atomic E-state index is 10.1. The third-order valence-corrected chi connectivity index (χ3v) is 1.19. The van der Waals surface area contributed by atoms with Gasteiger partial charge in [0.1, 0.15) is 0 Å². The summed E-state index contributed by atoms with van der Waals surface area (Å²) in [6, 6.07) is 0. The Hall–Kier alpha value is -0.740. The zero-order valence-corrected chi connectivity index (χ0v) is 4.79. The van der Waals surface area contributed by atoms with E-state index in [1.165, 1.54) is 0 Å². The van der Waals surface area contributed by atoms with E-state index in [2.05, 4.69) is 5.32 Å². The zero-order valence-electron chi connectivity index (χ0n) is 4.79. The molecule has 0 aliphatic carbocycles. The van der Waals surface area contributed by atoms with Gasteiger partial charge in [0.15, 0.2) is 12.6 Å². The molecule has 0 aromatic carbocycles. The minimum Gasteiger partial charge on any atom is -0.346 e. The van der Waals surface area contributed by atoms with Gasteiger partial charge in [-0.1, -0.05) is 0 Å². The van der Waals surface area contributed by atoms with Gasteiger partial charge >= 0.3 is 0 Å². The van der Waals surface area contributed by atoms with Crippen molar-refractivity contribution in [3.63, 3.8) is 0 Å². The largest absolute Gasteiger partial charge is 0.346 e. The van der Waals surface area contributed by atoms with E-state index in [0.717, 1.165) is 0 Å². The van der Waals surface area contributed by atoms with Crippen molar-refractivity contribution in [1.82, 2.24) is 5.32 Å². The molecule has 0 amide bonds. The molecule has 4 heteroatoms. The number of hydrogen-bond donors (Lipinski definition) is 1. The molecule has 1 aliphatic rings. The average Bonchev–Trinajstić information content (AvgIpc) is 2.36. The molecule has 0 saturated carbocycles. The number of carbonyl (C=O) groups is 2. The minimum atomic E-state index is -1.33. The Labute approximate surface area is 52.2 Å². The lowest BCUT2D eigenvalue weighted by molar-refractivity contribution is -0.138. The maximum atomic E-state index is 10.1. The SMILES string of the molecule is O=CC1(C=O)NCCO1. The maximum Gasteiger partial charge on any atom is 0.232 e. The summed E-state index contributed by atoms with van der Waals surface area (Å²) in [6.07, 6.45) is 0.931. The molecule has 0 bridgehead atoms. The van der Waals surface area contributed by atoms with E-state index in [0.29, 0.717) is 25.7 Å². The van der Waals surface area contributed by atoms with Gasteiger partial charge in [-0.2, -0.15) is 0 Å². The number of carbonyl (C=O) groups excluding carboxylic acids is 2. The Morgan fingerprint density at radius 1 is 1.44 bits per heavy atom. The van der Waals surface area contributed by atoms with Crippen LogP contribution in [-0.4, -0.2) is 31.4 Å². The molecular weight excluding hydrogens is 122 g/mol. The van der Waals surface area contributed by atoms with Crippen molar-refractivity contribution in [2.24, 2.45) is 0 Å². The summed E-state index contributed by atoms with van der Waals surface area (Å²) in [6.45, 7) is 0.967. The number of aldehydes is 2. The molecule has 1 heterocycles. The van der Waals surface area contributed by atoms with Crippen molar-refractivity contribution in [2.75, 3.05) is 13.2 Å². The third-order valence-electron chi connectivity index (χ3n) is 1.19. The van der Waals surface area contributed by atoms with E-state index < -0.39 is 5.72 Å². The second-order valence-corrected chi connectivity index (χ2v) is 1.80. The highest BCUT2D eigenvalue weighted by atomic mass is 16.5. The number of nitrogens with one attached hydrogen (secondary N) is 1. The van der Waals surface area contributed by atoms with E-state index in [-0.39, 0.29) is 0 Å². The van der Waals surface area contributed by atoms with Crippen LogP contribution in [0, 0.1) is 0 Å². The van der Waals surface area contributed by atoms with Gasteiger partial charge in [-0.15, -0.1) is 0 Å². The van der Waals surface area contributed by atoms with Crippen LogP contribution in [-0.2, 0) is 14.3 Å². The molecule has 1 rings (SSSR count). The van der Waals surface area contributed by atoms with E-state index >= 15 is 0 Å². The molecule has 50 valence electrons. The fourth-order valence-electron chi connectivity index (χ4n) is 0.696. The highest BCUT2D eigenvalue weighted by Crippen LogP contribution is 2.04. The van der Waals surface area contributed by atoms with Gasteiger partial charge in [-0.25, -0.2) is 0 Å². The second kappa shape index (κ2) is 2.24. The van der Waals surface area contributed by atoms with Gasteiger partial charge in [0.2, 0.25) is 5.72 Å². The van der Waals surface area contributed by atoms with E-state index in [9.17, 15) is 9.59 Å². The number of rotatable bonds is 2. The van der Waals surface area contributed by atoms with Crippen LogP contribution in [0.5, 0.6) is 0 Å². The van der Waals surface area contributed by atoms with Crippen LogP contribution in [0.1, 0.15) is 0 Å². The Kier molecular flexibility index (Phi) is 1.59. The molecule has 1 N–H and O–H groups in total. The molecule has 0 spiro atoms. The van der Waals surface area contributed by atoms with Crippen LogP contribution < -0.4 is 5.32 Å². The first-order chi connectivity index (χ1) is 4.33. The molecule has 4 nitrogen and oxygen atoms in total. The van der Waals surface area contributed by atoms with Crippen molar-refractivity contribution in [1.29, 1.82) is 0 Å². The van der Waals surface area contributed by atoms with E-state index in [1.807, 2.05) is 0 Å². The lowest BCUT2D eigenvalue weighted by Gasteiger charge is -2.11. The first-order valence-corrected chi connectivity index (χ1v) is 2.65. The number of hydrogen-bond acceptors (Lipinski definition) is 4. The lowest BCUT2D eigenvalue weighted by Crippen LogP contribution is -2.44. The molecule has 1 saturated heterocycles. The average molecular weight is 129 g/mol. The summed E-state index contributed by atoms with van der Waals surface area (Å²) in [7, 11) is 0. The van der Waals surface area contributed by atoms with Crippen molar-refractivity contribution >= 4 is 12.6 Å². The molecule has 9 heavy (non-hydrogen) atoms. The predicted molar refractivity (Wildman–Crippen MR) is 28.8 cm³/mol. The Bertz CT molecular complexity index is 118. The quantitative estimate of drug-likeness (QED) is 0.372. The van der Waals surface area contributed by atoms with Gasteiger partial charge in [0.25, 0.3) is 0 Å². The van der Waals surface area contributed by atoms with Crippen LogP contribution in [0.15, 0.2) is 0 Å². The zero-order chi connectivity index (χ0) is 6.74. The molecule has 0 atom stereocenters. The van der Waals surface area contributed by atoms with Gasteiger partial charge in [0.05, 0.1) is 6.61 Å². The third kappa shape index (κ3) is 0.988. The standard InChI is InChI=1S/C5H7NO3/c7-3-5(4-8)6-1-2-9-5/h3-4,6H,1-2H2. The molecule has 0 aromatic heterocycles. The summed E-state index contributed by atoms with van der Waals surface area (Å²) in [4.78, 5) is 20.3. The molecule has 0 radical (unpaired) electrons. The van der Waals surface area contributed by atoms with Crippen LogP contribution in [0.3, 0.4) is 0 Å². The summed E-state index contributed by atoms with van der Waals surface area (Å²) in [5.41, 5.74) is -1.33. The van der Waals surface area contributed by atoms with Gasteiger partial charge < -0.3 is 4.74 Å². The van der Waals surface area contributed by atoms with Crippen molar-refractivity contribution in [2.45, 2.75) is 5.72 Å². The topological polar surface area (TPSA) is 55.4 Å². The minimum absolute atomic E-state index is 0.414. The monoisotopic (exact) mass is 129 g/mol. The fourth-order valence-corrected chi connectivity index (χ4v) is 0.696. The van der Waals surface area contributed by atoms with Crippen LogP contribution in [0.25, 0.3) is 0 Å². The summed E-state index contributed by atoms with van der Waals surface area (Å²) < 4.78 is 4.79. The summed E-state index contributed by atoms with van der Waals surface area (Å²) >= 11 is 0. The summed E-state index contributed by atoms with van der Waals surface area (Å²) in [5, 5.41) is 2.61. The van der Waals surface area contributed by atoms with E-state index in [1.54, 1.807) is 0 Å². The summed E-state index contributed by atoms with van der Waals surface area (Å²) in [5.74, 6) is 0. The molecule has 0 aromatic rings. The van der Waals surface area contributed by atoms with Gasteiger partial charge in [-0.3, -0.25) is 14.9 Å². The Morgan fingerprint density at radius 3 is 2.33 bits per heavy atom. The van der Waals surface area contributed by atoms with Crippen molar-refractivity contribution in [3.05, 3.63) is 0 Å². The molecular formula is C5H7NO3. The molecule has 1 fully saturated rings. The van der Waals surface area contributed by atoms with E-state index in [4.69, 9.17) is 4.74 Å². The highest BCUT2D eigenvalue weighted by Gasteiger charge is 2.33. The van der Waals surface area contributed by atoms with Crippen molar-refractivity contribution < 1.29 is 14.3 Å². The predicted octanol–water partition coefficient (Wildman–Crippen LogP) is -1.30. The molecule has 1 aliphatic heterocycles. The Morgan fingerprint density at radius 2 is 2.11 bits per heavy atom. The van der Waals surface area contributed by atoms with Crippen LogP contribution in [0.4, 0.5) is 0 Å². The highest BCUT2D eigenvalue weighted by molar-refractivity contribution is 5.87. The Balaban J connectivity index is 2.66. The second-order valence-electron chi connectivity index (χ2n) is 1.80. The van der Waals surface area contributed by atoms with Gasteiger partial charge in [-0.05, 0) is 0 Å². The lowest BCUT2D eigenvalue weighted by atomic mass is 10.3. The first kappa shape index (κ1) is 6.38. The van der Waals surface area contributed by atoms with Crippen LogP contribution >= 0.6 is 0 Å². The smallest absolute Gasteiger partial charge is 0.232 e. The van der Waals surface area contributed by atoms with Crippen molar-refractivity contribution in [3.8, 4) is 0 Å².